The second kappa shape index (κ2) is 7.64. The minimum Gasteiger partial charge on any atom is -0.376 e. The lowest BCUT2D eigenvalue weighted by Crippen LogP contribution is -2.29. The normalized spacial score (nSPS) is 17.1. The number of aryl methyl sites for hydroxylation is 1. The van der Waals surface area contributed by atoms with Gasteiger partial charge in [0.05, 0.1) is 26.1 Å². The number of fused-ring (bicyclic) bond motifs is 1. The van der Waals surface area contributed by atoms with E-state index in [1.807, 2.05) is 4.90 Å². The number of rotatable bonds is 6. The van der Waals surface area contributed by atoms with Crippen LogP contribution in [0.3, 0.4) is 0 Å². The molecule has 0 aromatic carbocycles. The largest absolute Gasteiger partial charge is 0.376 e. The van der Waals surface area contributed by atoms with E-state index in [0.717, 1.165) is 37.2 Å². The van der Waals surface area contributed by atoms with Crippen LogP contribution < -0.4 is 4.72 Å². The van der Waals surface area contributed by atoms with Gasteiger partial charge in [0, 0.05) is 50.6 Å². The molecule has 10 nitrogen and oxygen atoms in total. The van der Waals surface area contributed by atoms with E-state index in [9.17, 15) is 13.2 Å². The Morgan fingerprint density at radius 3 is 2.82 bits per heavy atom. The minimum absolute atomic E-state index is 0.0178. The predicted octanol–water partition coefficient (Wildman–Crippen LogP) is -0.0962. The van der Waals surface area contributed by atoms with Crippen molar-refractivity contribution in [1.29, 1.82) is 0 Å². The van der Waals surface area contributed by atoms with Crippen LogP contribution in [0.4, 0.5) is 0 Å². The fourth-order valence-corrected chi connectivity index (χ4v) is 4.62. The zero-order chi connectivity index (χ0) is 19.7. The van der Waals surface area contributed by atoms with Crippen molar-refractivity contribution < 1.29 is 17.9 Å². The van der Waals surface area contributed by atoms with E-state index in [0.29, 0.717) is 31.9 Å². The van der Waals surface area contributed by atoms with Crippen LogP contribution in [-0.2, 0) is 41.4 Å². The number of likely N-dealkylation sites (tertiary alicyclic amines) is 1. The Kier molecular flexibility index (Phi) is 5.21. The number of aromatic nitrogens is 4. The Bertz CT molecular complexity index is 974. The van der Waals surface area contributed by atoms with E-state index in [1.165, 1.54) is 12.5 Å². The van der Waals surface area contributed by atoms with Crippen molar-refractivity contribution in [2.24, 2.45) is 7.05 Å². The summed E-state index contributed by atoms with van der Waals surface area (Å²) in [6.45, 7) is 2.93. The molecule has 2 aromatic heterocycles. The van der Waals surface area contributed by atoms with E-state index in [-0.39, 0.29) is 17.5 Å². The summed E-state index contributed by atoms with van der Waals surface area (Å²) < 4.78 is 36.0. The number of carbonyl (C=O) groups excluding carboxylic acids is 1. The van der Waals surface area contributed by atoms with Gasteiger partial charge in [-0.25, -0.2) is 18.1 Å². The number of carbonyl (C=O) groups is 1. The molecule has 0 aliphatic carbocycles. The second-order valence-corrected chi connectivity index (χ2v) is 8.79. The zero-order valence-corrected chi connectivity index (χ0v) is 16.6. The highest BCUT2D eigenvalue weighted by Crippen LogP contribution is 2.23. The highest BCUT2D eigenvalue weighted by Gasteiger charge is 2.29. The SMILES string of the molecule is Cn1cnc(S(=O)(=O)NCCn2nc(C(=O)N3CCCC3)c3c2CCOC3)c1. The van der Waals surface area contributed by atoms with Crippen LogP contribution >= 0.6 is 0 Å². The van der Waals surface area contributed by atoms with Gasteiger partial charge in [0.2, 0.25) is 0 Å². The predicted molar refractivity (Wildman–Crippen MR) is 99.1 cm³/mol. The molecule has 0 unspecified atom stereocenters. The van der Waals surface area contributed by atoms with Crippen LogP contribution in [0.2, 0.25) is 0 Å². The first-order valence-electron chi connectivity index (χ1n) is 9.39. The molecule has 2 aliphatic rings. The van der Waals surface area contributed by atoms with Crippen LogP contribution in [0.15, 0.2) is 17.6 Å². The molecule has 0 spiro atoms. The fourth-order valence-electron chi connectivity index (χ4n) is 3.62. The van der Waals surface area contributed by atoms with Crippen molar-refractivity contribution in [1.82, 2.24) is 29.0 Å². The van der Waals surface area contributed by atoms with Gasteiger partial charge in [-0.1, -0.05) is 0 Å². The van der Waals surface area contributed by atoms with Gasteiger partial charge in [-0.15, -0.1) is 0 Å². The summed E-state index contributed by atoms with van der Waals surface area (Å²) in [4.78, 5) is 18.5. The third-order valence-electron chi connectivity index (χ3n) is 5.06. The van der Waals surface area contributed by atoms with Gasteiger partial charge < -0.3 is 14.2 Å². The Balaban J connectivity index is 1.49. The number of imidazole rings is 1. The van der Waals surface area contributed by atoms with Crippen molar-refractivity contribution in [3.8, 4) is 0 Å². The molecule has 4 rings (SSSR count). The molecular weight excluding hydrogens is 384 g/mol. The van der Waals surface area contributed by atoms with Crippen molar-refractivity contribution in [2.75, 3.05) is 26.2 Å². The minimum atomic E-state index is -3.68. The maximum Gasteiger partial charge on any atom is 0.274 e. The van der Waals surface area contributed by atoms with Crippen LogP contribution in [0.25, 0.3) is 0 Å². The third-order valence-corrected chi connectivity index (χ3v) is 6.41. The lowest BCUT2D eigenvalue weighted by Gasteiger charge is -2.17. The molecule has 1 N–H and O–H groups in total. The van der Waals surface area contributed by atoms with Gasteiger partial charge in [-0.3, -0.25) is 9.48 Å². The highest BCUT2D eigenvalue weighted by atomic mass is 32.2. The average Bonchev–Trinajstić information content (AvgIpc) is 3.41. The van der Waals surface area contributed by atoms with Crippen LogP contribution in [0, 0.1) is 0 Å². The van der Waals surface area contributed by atoms with Gasteiger partial charge in [0.25, 0.3) is 15.9 Å². The fraction of sp³-hybridized carbons (Fsp3) is 0.588. The summed E-state index contributed by atoms with van der Waals surface area (Å²) in [6, 6.07) is 0. The molecule has 11 heteroatoms. The van der Waals surface area contributed by atoms with Gasteiger partial charge in [0.15, 0.2) is 10.7 Å². The van der Waals surface area contributed by atoms with E-state index < -0.39 is 10.0 Å². The molecule has 152 valence electrons. The summed E-state index contributed by atoms with van der Waals surface area (Å²) in [6.07, 6.45) is 5.57. The molecule has 4 heterocycles. The molecule has 28 heavy (non-hydrogen) atoms. The quantitative estimate of drug-likeness (QED) is 0.715. The molecule has 0 saturated carbocycles. The van der Waals surface area contributed by atoms with Gasteiger partial charge >= 0.3 is 0 Å². The molecule has 0 radical (unpaired) electrons. The summed E-state index contributed by atoms with van der Waals surface area (Å²) in [5.74, 6) is -0.0629. The van der Waals surface area contributed by atoms with Crippen LogP contribution in [-0.4, -0.2) is 64.8 Å². The van der Waals surface area contributed by atoms with E-state index in [4.69, 9.17) is 4.74 Å². The molecule has 0 bridgehead atoms. The average molecular weight is 408 g/mol. The van der Waals surface area contributed by atoms with Crippen LogP contribution in [0.1, 0.15) is 34.6 Å². The Hall–Kier alpha value is -2.24. The number of ether oxygens (including phenoxy) is 1. The lowest BCUT2D eigenvalue weighted by atomic mass is 10.1. The van der Waals surface area contributed by atoms with Crippen molar-refractivity contribution >= 4 is 15.9 Å². The number of nitrogens with one attached hydrogen (secondary N) is 1. The van der Waals surface area contributed by atoms with E-state index in [1.54, 1.807) is 16.3 Å². The first-order valence-corrected chi connectivity index (χ1v) is 10.9. The first kappa shape index (κ1) is 19.1. The Labute approximate surface area is 163 Å². The second-order valence-electron chi connectivity index (χ2n) is 7.07. The van der Waals surface area contributed by atoms with Crippen molar-refractivity contribution in [3.63, 3.8) is 0 Å². The maximum absolute atomic E-state index is 12.8. The Morgan fingerprint density at radius 1 is 1.32 bits per heavy atom. The van der Waals surface area contributed by atoms with E-state index in [2.05, 4.69) is 14.8 Å². The molecule has 2 aromatic rings. The summed E-state index contributed by atoms with van der Waals surface area (Å²) >= 11 is 0. The number of hydrogen-bond donors (Lipinski definition) is 1. The van der Waals surface area contributed by atoms with Gasteiger partial charge in [-0.2, -0.15) is 5.10 Å². The number of amides is 1. The summed E-state index contributed by atoms with van der Waals surface area (Å²) in [5, 5.41) is 4.51. The molecule has 1 amide bonds. The summed E-state index contributed by atoms with van der Waals surface area (Å²) in [5.41, 5.74) is 2.21. The monoisotopic (exact) mass is 408 g/mol. The van der Waals surface area contributed by atoms with Crippen LogP contribution in [0.5, 0.6) is 0 Å². The molecular formula is C17H24N6O4S. The number of nitrogens with zero attached hydrogens (tertiary/aromatic N) is 5. The van der Waals surface area contributed by atoms with Crippen molar-refractivity contribution in [2.45, 2.75) is 37.4 Å². The summed E-state index contributed by atoms with van der Waals surface area (Å²) in [7, 11) is -1.97. The van der Waals surface area contributed by atoms with E-state index >= 15 is 0 Å². The highest BCUT2D eigenvalue weighted by molar-refractivity contribution is 7.89. The maximum atomic E-state index is 12.8. The zero-order valence-electron chi connectivity index (χ0n) is 15.8. The standard InChI is InChI=1S/C17H24N6O4S/c1-21-10-15(18-12-21)28(25,26)19-5-8-23-14-4-9-27-11-13(14)16(20-23)17(24)22-6-2-3-7-22/h10,12,19H,2-9,11H2,1H3. The Morgan fingerprint density at radius 2 is 2.11 bits per heavy atom. The molecule has 1 fully saturated rings. The molecule has 1 saturated heterocycles. The number of sulfonamides is 1. The molecule has 2 aliphatic heterocycles. The van der Waals surface area contributed by atoms with Gasteiger partial charge in [0.1, 0.15) is 0 Å². The topological polar surface area (TPSA) is 111 Å². The first-order chi connectivity index (χ1) is 13.5. The smallest absolute Gasteiger partial charge is 0.274 e. The lowest BCUT2D eigenvalue weighted by molar-refractivity contribution is 0.0772. The number of hydrogen-bond acceptors (Lipinski definition) is 6. The third kappa shape index (κ3) is 3.69. The molecule has 0 atom stereocenters. The van der Waals surface area contributed by atoms with Crippen molar-refractivity contribution in [3.05, 3.63) is 29.5 Å². The van der Waals surface area contributed by atoms with Gasteiger partial charge in [-0.05, 0) is 12.8 Å².